The van der Waals surface area contributed by atoms with Crippen molar-refractivity contribution in [2.45, 2.75) is 19.5 Å². The quantitative estimate of drug-likeness (QED) is 0.792. The number of nitrogens with one attached hydrogen (secondary N) is 2. The summed E-state index contributed by atoms with van der Waals surface area (Å²) in [6.07, 6.45) is 8.17. The van der Waals surface area contributed by atoms with E-state index in [0.29, 0.717) is 18.0 Å². The zero-order chi connectivity index (χ0) is 15.8. The third kappa shape index (κ3) is 4.83. The van der Waals surface area contributed by atoms with E-state index >= 15 is 0 Å². The maximum absolute atomic E-state index is 11.9. The molecule has 0 saturated carbocycles. The Balaban J connectivity index is 1.80. The van der Waals surface area contributed by atoms with Crippen molar-refractivity contribution in [3.63, 3.8) is 0 Å². The smallest absolute Gasteiger partial charge is 0.319 e. The van der Waals surface area contributed by atoms with Crippen molar-refractivity contribution in [2.24, 2.45) is 0 Å². The van der Waals surface area contributed by atoms with Crippen molar-refractivity contribution in [3.8, 4) is 18.1 Å². The Morgan fingerprint density at radius 2 is 2.23 bits per heavy atom. The number of ether oxygens (including phenoxy) is 1. The Bertz CT molecular complexity index is 631. The second-order valence-electron chi connectivity index (χ2n) is 4.63. The van der Waals surface area contributed by atoms with Crippen LogP contribution in [-0.2, 0) is 6.54 Å². The van der Waals surface area contributed by atoms with E-state index in [9.17, 15) is 4.79 Å². The summed E-state index contributed by atoms with van der Waals surface area (Å²) in [4.78, 5) is 15.7. The first-order chi connectivity index (χ1) is 10.7. The molecule has 0 aliphatic rings. The molecule has 0 saturated heterocycles. The van der Waals surface area contributed by atoms with E-state index < -0.39 is 0 Å². The van der Waals surface area contributed by atoms with Crippen LogP contribution < -0.4 is 15.4 Å². The van der Waals surface area contributed by atoms with E-state index in [2.05, 4.69) is 26.6 Å². The first-order valence-electron chi connectivity index (χ1n) is 6.73. The minimum atomic E-state index is -0.287. The molecule has 0 bridgehead atoms. The molecule has 1 atom stereocenters. The van der Waals surface area contributed by atoms with E-state index in [0.717, 1.165) is 0 Å². The van der Waals surface area contributed by atoms with Gasteiger partial charge in [0, 0.05) is 11.7 Å². The van der Waals surface area contributed by atoms with Crippen LogP contribution in [0.2, 0.25) is 0 Å². The van der Waals surface area contributed by atoms with Gasteiger partial charge < -0.3 is 15.4 Å². The molecule has 0 spiro atoms. The molecule has 0 fully saturated rings. The van der Waals surface area contributed by atoms with Gasteiger partial charge in [0.15, 0.2) is 0 Å². The molecule has 2 amide bonds. The molecular weight excluding hydrogens is 282 g/mol. The Hall–Kier alpha value is -3.01. The Labute approximate surface area is 128 Å². The second-order valence-corrected chi connectivity index (χ2v) is 4.63. The van der Waals surface area contributed by atoms with Gasteiger partial charge in [0.05, 0.1) is 6.54 Å². The van der Waals surface area contributed by atoms with Gasteiger partial charge in [-0.1, -0.05) is 5.92 Å². The maximum atomic E-state index is 11.9. The molecule has 1 heterocycles. The van der Waals surface area contributed by atoms with E-state index in [1.165, 1.54) is 6.33 Å². The van der Waals surface area contributed by atoms with Gasteiger partial charge in [-0.15, -0.1) is 6.42 Å². The monoisotopic (exact) mass is 299 g/mol. The lowest BCUT2D eigenvalue weighted by Gasteiger charge is -2.14. The van der Waals surface area contributed by atoms with Crippen molar-refractivity contribution in [1.29, 1.82) is 0 Å². The largest absolute Gasteiger partial charge is 0.481 e. The summed E-state index contributed by atoms with van der Waals surface area (Å²) < 4.78 is 6.91. The summed E-state index contributed by atoms with van der Waals surface area (Å²) in [6, 6.07) is 6.60. The highest BCUT2D eigenvalue weighted by atomic mass is 16.5. The average Bonchev–Trinajstić information content (AvgIpc) is 2.99. The number of anilines is 1. The summed E-state index contributed by atoms with van der Waals surface area (Å²) >= 11 is 0. The Morgan fingerprint density at radius 1 is 1.45 bits per heavy atom. The molecule has 0 aliphatic heterocycles. The van der Waals surface area contributed by atoms with Gasteiger partial charge in [-0.25, -0.2) is 9.78 Å². The van der Waals surface area contributed by atoms with Crippen LogP contribution in [0.15, 0.2) is 36.9 Å². The number of hydrogen-bond donors (Lipinski definition) is 2. The third-order valence-corrected chi connectivity index (χ3v) is 2.74. The number of terminal acetylenes is 1. The predicted octanol–water partition coefficient (Wildman–Crippen LogP) is 1.50. The summed E-state index contributed by atoms with van der Waals surface area (Å²) in [5, 5.41) is 9.55. The van der Waals surface area contributed by atoms with Gasteiger partial charge >= 0.3 is 6.03 Å². The van der Waals surface area contributed by atoms with Crippen LogP contribution >= 0.6 is 0 Å². The summed E-state index contributed by atoms with van der Waals surface area (Å²) in [6.45, 7) is 2.65. The van der Waals surface area contributed by atoms with Crippen molar-refractivity contribution in [1.82, 2.24) is 20.1 Å². The van der Waals surface area contributed by atoms with E-state index in [4.69, 9.17) is 11.2 Å². The normalized spacial score (nSPS) is 11.3. The topological polar surface area (TPSA) is 81.1 Å². The molecule has 0 radical (unpaired) electrons. The van der Waals surface area contributed by atoms with Gasteiger partial charge in [-0.2, -0.15) is 5.10 Å². The van der Waals surface area contributed by atoms with Gasteiger partial charge in [0.25, 0.3) is 0 Å². The predicted molar refractivity (Wildman–Crippen MR) is 82.4 cm³/mol. The van der Waals surface area contributed by atoms with Crippen LogP contribution in [0.1, 0.15) is 6.92 Å². The SMILES string of the molecule is C#CCOc1ccc(NC(=O)N[C@@H](C)Cn2cncn2)cc1. The number of hydrogen-bond acceptors (Lipinski definition) is 4. The number of aromatic nitrogens is 3. The number of carbonyl (C=O) groups excluding carboxylic acids is 1. The Morgan fingerprint density at radius 3 is 2.86 bits per heavy atom. The minimum Gasteiger partial charge on any atom is -0.481 e. The number of rotatable bonds is 6. The lowest BCUT2D eigenvalue weighted by molar-refractivity contribution is 0.247. The number of urea groups is 1. The molecule has 1 aromatic carbocycles. The fourth-order valence-electron chi connectivity index (χ4n) is 1.80. The molecule has 2 rings (SSSR count). The first kappa shape index (κ1) is 15.4. The highest BCUT2D eigenvalue weighted by Gasteiger charge is 2.08. The van der Waals surface area contributed by atoms with Crippen LogP contribution in [0.4, 0.5) is 10.5 Å². The second kappa shape index (κ2) is 7.69. The molecule has 2 aromatic rings. The molecule has 114 valence electrons. The van der Waals surface area contributed by atoms with E-state index in [-0.39, 0.29) is 18.7 Å². The fourth-order valence-corrected chi connectivity index (χ4v) is 1.80. The van der Waals surface area contributed by atoms with Crippen LogP contribution in [0.3, 0.4) is 0 Å². The van der Waals surface area contributed by atoms with Crippen molar-refractivity contribution in [3.05, 3.63) is 36.9 Å². The van der Waals surface area contributed by atoms with Gasteiger partial charge in [-0.3, -0.25) is 4.68 Å². The lowest BCUT2D eigenvalue weighted by Crippen LogP contribution is -2.38. The minimum absolute atomic E-state index is 0.0834. The van der Waals surface area contributed by atoms with Gasteiger partial charge in [-0.05, 0) is 31.2 Å². The number of carbonyl (C=O) groups is 1. The number of amides is 2. The molecule has 0 unspecified atom stereocenters. The zero-order valence-corrected chi connectivity index (χ0v) is 12.2. The first-order valence-corrected chi connectivity index (χ1v) is 6.73. The van der Waals surface area contributed by atoms with Gasteiger partial charge in [0.1, 0.15) is 25.0 Å². The van der Waals surface area contributed by atoms with Gasteiger partial charge in [0.2, 0.25) is 0 Å². The standard InChI is InChI=1S/C15H17N5O2/c1-3-8-22-14-6-4-13(5-7-14)19-15(21)18-12(2)9-20-11-16-10-17-20/h1,4-7,10-12H,8-9H2,2H3,(H2,18,19,21)/t12-/m0/s1. The summed E-state index contributed by atoms with van der Waals surface area (Å²) in [5.74, 6) is 3.05. The highest BCUT2D eigenvalue weighted by Crippen LogP contribution is 2.15. The molecule has 1 aromatic heterocycles. The van der Waals surface area contributed by atoms with Crippen molar-refractivity contribution >= 4 is 11.7 Å². The fraction of sp³-hybridized carbons (Fsp3) is 0.267. The Kier molecular flexibility index (Phi) is 5.37. The van der Waals surface area contributed by atoms with E-state index in [1.54, 1.807) is 35.3 Å². The van der Waals surface area contributed by atoms with Crippen molar-refractivity contribution < 1.29 is 9.53 Å². The summed E-state index contributed by atoms with van der Waals surface area (Å²) in [5.41, 5.74) is 0.665. The average molecular weight is 299 g/mol. The van der Waals surface area contributed by atoms with Crippen LogP contribution in [0, 0.1) is 12.3 Å². The molecular formula is C15H17N5O2. The zero-order valence-electron chi connectivity index (χ0n) is 12.2. The third-order valence-electron chi connectivity index (χ3n) is 2.74. The highest BCUT2D eigenvalue weighted by molar-refractivity contribution is 5.89. The number of benzene rings is 1. The number of nitrogens with zero attached hydrogens (tertiary/aromatic N) is 3. The molecule has 22 heavy (non-hydrogen) atoms. The molecule has 2 N–H and O–H groups in total. The van der Waals surface area contributed by atoms with Crippen molar-refractivity contribution in [2.75, 3.05) is 11.9 Å². The van der Waals surface area contributed by atoms with E-state index in [1.807, 2.05) is 6.92 Å². The molecule has 7 heteroatoms. The van der Waals surface area contributed by atoms with Crippen LogP contribution in [-0.4, -0.2) is 33.4 Å². The van der Waals surface area contributed by atoms with Crippen LogP contribution in [0.5, 0.6) is 5.75 Å². The molecule has 7 nitrogen and oxygen atoms in total. The maximum Gasteiger partial charge on any atom is 0.319 e. The lowest BCUT2D eigenvalue weighted by atomic mass is 10.3. The summed E-state index contributed by atoms with van der Waals surface area (Å²) in [7, 11) is 0. The van der Waals surface area contributed by atoms with Crippen LogP contribution in [0.25, 0.3) is 0 Å². The molecule has 0 aliphatic carbocycles.